The number of aromatic amines is 1. The van der Waals surface area contributed by atoms with E-state index in [2.05, 4.69) is 20.1 Å². The summed E-state index contributed by atoms with van der Waals surface area (Å²) in [5.41, 5.74) is 0.898. The minimum atomic E-state index is -4.49. The van der Waals surface area contributed by atoms with Crippen molar-refractivity contribution in [1.29, 1.82) is 0 Å². The number of amides is 2. The number of nitrogens with one attached hydrogen (secondary N) is 1. The molecule has 2 amide bonds. The summed E-state index contributed by atoms with van der Waals surface area (Å²) in [5.74, 6) is -1.37. The van der Waals surface area contributed by atoms with E-state index >= 15 is 0 Å². The predicted molar refractivity (Wildman–Crippen MR) is 145 cm³/mol. The molecule has 3 aromatic heterocycles. The molecule has 0 spiro atoms. The number of carbonyl (C=O) groups excluding carboxylic acids is 3. The Morgan fingerprint density at radius 1 is 0.857 bits per heavy atom. The fourth-order valence-electron chi connectivity index (χ4n) is 4.86. The third-order valence-electron chi connectivity index (χ3n) is 7.05. The van der Waals surface area contributed by atoms with Gasteiger partial charge in [0.15, 0.2) is 5.82 Å². The Morgan fingerprint density at radius 2 is 1.60 bits per heavy atom. The second-order valence-electron chi connectivity index (χ2n) is 9.63. The summed E-state index contributed by atoms with van der Waals surface area (Å²) in [6, 6.07) is 15.2. The number of nitrogens with zero attached hydrogens (tertiary/aromatic N) is 6. The van der Waals surface area contributed by atoms with Crippen LogP contribution >= 0.6 is 0 Å². The summed E-state index contributed by atoms with van der Waals surface area (Å²) in [4.78, 5) is 53.5. The van der Waals surface area contributed by atoms with Crippen molar-refractivity contribution in [3.8, 4) is 17.1 Å². The van der Waals surface area contributed by atoms with E-state index in [1.54, 1.807) is 35.2 Å². The summed E-state index contributed by atoms with van der Waals surface area (Å²) in [7, 11) is 0. The zero-order valence-electron chi connectivity index (χ0n) is 21.9. The number of benzene rings is 2. The first kappa shape index (κ1) is 26.9. The quantitative estimate of drug-likeness (QED) is 0.251. The smallest absolute Gasteiger partial charge is 0.356 e. The molecular formula is C29H22F3N7O3. The molecule has 2 aromatic carbocycles. The van der Waals surface area contributed by atoms with Crippen LogP contribution in [-0.2, 0) is 11.0 Å². The van der Waals surface area contributed by atoms with Crippen molar-refractivity contribution < 1.29 is 27.6 Å². The zero-order valence-corrected chi connectivity index (χ0v) is 21.9. The first-order valence-corrected chi connectivity index (χ1v) is 12.9. The molecule has 0 saturated carbocycles. The molecule has 0 radical (unpaired) electrons. The molecule has 4 heterocycles. The van der Waals surface area contributed by atoms with Crippen LogP contribution in [0.3, 0.4) is 0 Å². The summed E-state index contributed by atoms with van der Waals surface area (Å²) in [6.45, 7) is 0.996. The number of Topliss-reactive ketones (excluding diaryl/α,β-unsaturated/α-hetero) is 1. The Labute approximate surface area is 236 Å². The van der Waals surface area contributed by atoms with Crippen LogP contribution in [0, 0.1) is 0 Å². The molecular weight excluding hydrogens is 551 g/mol. The van der Waals surface area contributed by atoms with Gasteiger partial charge in [0, 0.05) is 49.7 Å². The molecule has 0 aliphatic carbocycles. The molecule has 1 saturated heterocycles. The fourth-order valence-corrected chi connectivity index (χ4v) is 4.86. The maximum atomic E-state index is 13.2. The van der Waals surface area contributed by atoms with Gasteiger partial charge in [-0.3, -0.25) is 14.4 Å². The van der Waals surface area contributed by atoms with Gasteiger partial charge in [0.25, 0.3) is 17.6 Å². The molecule has 212 valence electrons. The Hall–Kier alpha value is -5.33. The highest BCUT2D eigenvalue weighted by molar-refractivity contribution is 6.44. The second kappa shape index (κ2) is 10.6. The first-order valence-electron chi connectivity index (χ1n) is 12.9. The Bertz CT molecular complexity index is 1810. The molecule has 0 atom stereocenters. The molecule has 5 aromatic rings. The number of hydrogen-bond donors (Lipinski definition) is 1. The Kier molecular flexibility index (Phi) is 6.77. The number of fused-ring (bicyclic) bond motifs is 1. The molecule has 0 bridgehead atoms. The number of aromatic nitrogens is 5. The molecule has 42 heavy (non-hydrogen) atoms. The van der Waals surface area contributed by atoms with Gasteiger partial charge in [0.2, 0.25) is 0 Å². The molecule has 10 nitrogen and oxygen atoms in total. The van der Waals surface area contributed by atoms with Gasteiger partial charge in [-0.15, -0.1) is 0 Å². The molecule has 1 aliphatic rings. The van der Waals surface area contributed by atoms with Gasteiger partial charge < -0.3 is 14.8 Å². The van der Waals surface area contributed by atoms with Crippen molar-refractivity contribution in [2.75, 3.05) is 26.2 Å². The van der Waals surface area contributed by atoms with Crippen molar-refractivity contribution in [3.63, 3.8) is 0 Å². The largest absolute Gasteiger partial charge is 0.416 e. The highest BCUT2D eigenvalue weighted by atomic mass is 19.4. The Balaban J connectivity index is 1.19. The van der Waals surface area contributed by atoms with E-state index in [9.17, 15) is 27.6 Å². The Morgan fingerprint density at radius 3 is 2.33 bits per heavy atom. The number of alkyl halides is 3. The average Bonchev–Trinajstić information content (AvgIpc) is 3.68. The van der Waals surface area contributed by atoms with Crippen LogP contribution in [0.2, 0.25) is 0 Å². The number of ketones is 1. The highest BCUT2D eigenvalue weighted by Gasteiger charge is 2.32. The van der Waals surface area contributed by atoms with Crippen LogP contribution < -0.4 is 0 Å². The van der Waals surface area contributed by atoms with Crippen molar-refractivity contribution in [1.82, 2.24) is 34.5 Å². The lowest BCUT2D eigenvalue weighted by Crippen LogP contribution is -2.52. The molecule has 0 unspecified atom stereocenters. The van der Waals surface area contributed by atoms with E-state index in [0.717, 1.165) is 12.1 Å². The van der Waals surface area contributed by atoms with E-state index in [4.69, 9.17) is 0 Å². The lowest BCUT2D eigenvalue weighted by molar-refractivity contribution is -0.137. The van der Waals surface area contributed by atoms with Crippen LogP contribution in [0.25, 0.3) is 28.1 Å². The molecule has 6 rings (SSSR count). The number of rotatable bonds is 5. The van der Waals surface area contributed by atoms with E-state index in [0.29, 0.717) is 24.2 Å². The molecule has 1 fully saturated rings. The number of piperazine rings is 1. The van der Waals surface area contributed by atoms with E-state index in [-0.39, 0.29) is 47.2 Å². The van der Waals surface area contributed by atoms with Crippen molar-refractivity contribution >= 4 is 28.6 Å². The normalized spacial score (nSPS) is 13.9. The van der Waals surface area contributed by atoms with Gasteiger partial charge >= 0.3 is 6.18 Å². The zero-order chi connectivity index (χ0) is 29.4. The number of H-pyrrole nitrogens is 1. The molecule has 13 heteroatoms. The minimum Gasteiger partial charge on any atom is -0.356 e. The van der Waals surface area contributed by atoms with Crippen LogP contribution in [0.15, 0.2) is 79.4 Å². The summed E-state index contributed by atoms with van der Waals surface area (Å²) >= 11 is 0. The van der Waals surface area contributed by atoms with Gasteiger partial charge in [-0.25, -0.2) is 14.6 Å². The first-order chi connectivity index (χ1) is 20.2. The van der Waals surface area contributed by atoms with Gasteiger partial charge in [0.05, 0.1) is 16.8 Å². The topological polar surface area (TPSA) is 117 Å². The van der Waals surface area contributed by atoms with E-state index < -0.39 is 23.4 Å². The van der Waals surface area contributed by atoms with Crippen LogP contribution in [0.5, 0.6) is 0 Å². The summed E-state index contributed by atoms with van der Waals surface area (Å²) in [6.07, 6.45) is -0.377. The summed E-state index contributed by atoms with van der Waals surface area (Å²) in [5, 5.41) is 4.38. The fraction of sp³-hybridized carbons (Fsp3) is 0.172. The van der Waals surface area contributed by atoms with Crippen LogP contribution in [0.1, 0.15) is 26.3 Å². The highest BCUT2D eigenvalue weighted by Crippen LogP contribution is 2.32. The SMILES string of the molecule is O=C(C(=O)N1CCN(C(=O)c2ccccc2)CC1)c1c[nH]c2c(-n3ccc(-c4cccc(C(F)(F)F)c4)n3)ncnc12. The monoisotopic (exact) mass is 573 g/mol. The standard InChI is InChI=1S/C29H22F3N7O3/c30-29(31,32)20-8-4-7-19(15-20)22-9-10-39(36-22)26-24-23(34-17-35-26)21(16-33-24)25(40)28(42)38-13-11-37(12-14-38)27(41)18-5-2-1-3-6-18/h1-10,15-17,33H,11-14H2. The third-order valence-corrected chi connectivity index (χ3v) is 7.05. The second-order valence-corrected chi connectivity index (χ2v) is 9.63. The lowest BCUT2D eigenvalue weighted by Gasteiger charge is -2.34. The summed E-state index contributed by atoms with van der Waals surface area (Å²) < 4.78 is 40.9. The van der Waals surface area contributed by atoms with Crippen LogP contribution in [-0.4, -0.2) is 78.3 Å². The van der Waals surface area contributed by atoms with Crippen molar-refractivity contribution in [3.05, 3.63) is 96.1 Å². The molecule has 1 aliphatic heterocycles. The van der Waals surface area contributed by atoms with Crippen molar-refractivity contribution in [2.24, 2.45) is 0 Å². The van der Waals surface area contributed by atoms with Gasteiger partial charge in [-0.1, -0.05) is 30.3 Å². The van der Waals surface area contributed by atoms with E-state index in [1.165, 1.54) is 40.4 Å². The average molecular weight is 574 g/mol. The number of halogens is 3. The maximum absolute atomic E-state index is 13.2. The van der Waals surface area contributed by atoms with Gasteiger partial charge in [-0.05, 0) is 30.3 Å². The minimum absolute atomic E-state index is 0.0479. The number of carbonyl (C=O) groups is 3. The maximum Gasteiger partial charge on any atom is 0.416 e. The number of hydrogen-bond acceptors (Lipinski definition) is 6. The molecule has 1 N–H and O–H groups in total. The van der Waals surface area contributed by atoms with Gasteiger partial charge in [-0.2, -0.15) is 18.3 Å². The van der Waals surface area contributed by atoms with Gasteiger partial charge in [0.1, 0.15) is 17.4 Å². The predicted octanol–water partition coefficient (Wildman–Crippen LogP) is 4.00. The van der Waals surface area contributed by atoms with Crippen LogP contribution in [0.4, 0.5) is 13.2 Å². The van der Waals surface area contributed by atoms with Crippen molar-refractivity contribution in [2.45, 2.75) is 6.18 Å². The third kappa shape index (κ3) is 5.00. The lowest BCUT2D eigenvalue weighted by atomic mass is 10.1. The van der Waals surface area contributed by atoms with E-state index in [1.807, 2.05) is 6.07 Å².